The summed E-state index contributed by atoms with van der Waals surface area (Å²) in [4.78, 5) is 34.5. The summed E-state index contributed by atoms with van der Waals surface area (Å²) in [5.74, 6) is -1.38. The van der Waals surface area contributed by atoms with Crippen LogP contribution in [-0.4, -0.2) is 65.8 Å². The van der Waals surface area contributed by atoms with Gasteiger partial charge in [0.2, 0.25) is 17.7 Å². The molecule has 0 aliphatic heterocycles. The molecule has 1 rings (SSSR count). The van der Waals surface area contributed by atoms with E-state index < -0.39 is 36.1 Å². The van der Waals surface area contributed by atoms with Crippen LogP contribution in [0.5, 0.6) is 0 Å². The smallest absolute Gasteiger partial charge is 0.247 e. The quantitative estimate of drug-likeness (QED) is 0.295. The predicted molar refractivity (Wildman–Crippen MR) is 82.0 cm³/mol. The maximum atomic E-state index is 12.0. The van der Waals surface area contributed by atoms with E-state index in [9.17, 15) is 24.6 Å². The molecule has 0 spiro atoms. The summed E-state index contributed by atoms with van der Waals surface area (Å²) < 4.78 is 0. The fourth-order valence-corrected chi connectivity index (χ4v) is 2.10. The molecule has 7 N–H and O–H groups in total. The van der Waals surface area contributed by atoms with Gasteiger partial charge in [0.25, 0.3) is 0 Å². The van der Waals surface area contributed by atoms with Gasteiger partial charge in [-0.15, -0.1) is 0 Å². The van der Waals surface area contributed by atoms with Gasteiger partial charge in [-0.3, -0.25) is 14.4 Å². The second-order valence-electron chi connectivity index (χ2n) is 5.47. The second-order valence-corrected chi connectivity index (χ2v) is 5.47. The van der Waals surface area contributed by atoms with Crippen LogP contribution >= 0.6 is 0 Å². The minimum absolute atomic E-state index is 0.00402. The van der Waals surface area contributed by atoms with E-state index in [2.05, 4.69) is 16.0 Å². The lowest BCUT2D eigenvalue weighted by molar-refractivity contribution is -0.125. The van der Waals surface area contributed by atoms with Gasteiger partial charge in [-0.05, 0) is 14.0 Å². The van der Waals surface area contributed by atoms with E-state index in [4.69, 9.17) is 5.73 Å². The fourth-order valence-electron chi connectivity index (χ4n) is 2.10. The van der Waals surface area contributed by atoms with Gasteiger partial charge in [0.1, 0.15) is 6.10 Å². The molecule has 4 unspecified atom stereocenters. The topological polar surface area (TPSA) is 154 Å². The Morgan fingerprint density at radius 2 is 2.04 bits per heavy atom. The molecule has 0 saturated carbocycles. The molecule has 23 heavy (non-hydrogen) atoms. The number of amides is 3. The third-order valence-electron chi connectivity index (χ3n) is 3.66. The summed E-state index contributed by atoms with van der Waals surface area (Å²) in [6, 6.07) is -1.36. The maximum Gasteiger partial charge on any atom is 0.247 e. The molecule has 0 saturated heterocycles. The SMILES string of the molecule is CNC(C)C(=O)NC1C=C(C(=O)NCCC(N)=O)CC(O)C1O. The first-order valence-corrected chi connectivity index (χ1v) is 7.37. The number of likely N-dealkylation sites (N-methyl/N-ethyl adjacent to an activating group) is 1. The van der Waals surface area contributed by atoms with Gasteiger partial charge >= 0.3 is 0 Å². The molecule has 9 nitrogen and oxygen atoms in total. The molecule has 0 aromatic carbocycles. The number of nitrogens with one attached hydrogen (secondary N) is 3. The van der Waals surface area contributed by atoms with Crippen molar-refractivity contribution in [3.63, 3.8) is 0 Å². The van der Waals surface area contributed by atoms with Crippen LogP contribution in [0.1, 0.15) is 19.8 Å². The van der Waals surface area contributed by atoms with Crippen LogP contribution in [0, 0.1) is 0 Å². The molecule has 3 amide bonds. The van der Waals surface area contributed by atoms with Crippen LogP contribution in [-0.2, 0) is 14.4 Å². The highest BCUT2D eigenvalue weighted by atomic mass is 16.3. The number of hydrogen-bond donors (Lipinski definition) is 6. The van der Waals surface area contributed by atoms with Crippen molar-refractivity contribution >= 4 is 17.7 Å². The van der Waals surface area contributed by atoms with Crippen molar-refractivity contribution in [1.82, 2.24) is 16.0 Å². The lowest BCUT2D eigenvalue weighted by atomic mass is 9.90. The van der Waals surface area contributed by atoms with Gasteiger partial charge in [-0.1, -0.05) is 6.08 Å². The lowest BCUT2D eigenvalue weighted by Gasteiger charge is -2.31. The first kappa shape index (κ1) is 19.1. The van der Waals surface area contributed by atoms with E-state index in [0.29, 0.717) is 0 Å². The molecule has 1 aliphatic rings. The molecule has 9 heteroatoms. The normalized spacial score (nSPS) is 25.2. The van der Waals surface area contributed by atoms with E-state index in [1.165, 1.54) is 6.08 Å². The Morgan fingerprint density at radius 1 is 1.39 bits per heavy atom. The molecule has 0 aromatic heterocycles. The molecule has 0 fully saturated rings. The minimum atomic E-state index is -1.20. The molecule has 0 bridgehead atoms. The first-order chi connectivity index (χ1) is 10.8. The number of hydrogen-bond acceptors (Lipinski definition) is 6. The Kier molecular flexibility index (Phi) is 7.14. The van der Waals surface area contributed by atoms with Crippen molar-refractivity contribution in [2.75, 3.05) is 13.6 Å². The molecule has 0 radical (unpaired) electrons. The predicted octanol–water partition coefficient (Wildman–Crippen LogP) is -2.88. The number of rotatable bonds is 7. The zero-order chi connectivity index (χ0) is 17.6. The van der Waals surface area contributed by atoms with Crippen LogP contribution in [0.15, 0.2) is 11.6 Å². The van der Waals surface area contributed by atoms with Crippen LogP contribution in [0.2, 0.25) is 0 Å². The highest BCUT2D eigenvalue weighted by molar-refractivity contribution is 5.94. The number of primary amides is 1. The van der Waals surface area contributed by atoms with E-state index in [0.717, 1.165) is 0 Å². The lowest BCUT2D eigenvalue weighted by Crippen LogP contribution is -2.54. The van der Waals surface area contributed by atoms with E-state index in [1.54, 1.807) is 14.0 Å². The van der Waals surface area contributed by atoms with E-state index >= 15 is 0 Å². The maximum absolute atomic E-state index is 12.0. The van der Waals surface area contributed by atoms with Crippen molar-refractivity contribution < 1.29 is 24.6 Å². The Balaban J connectivity index is 2.75. The van der Waals surface area contributed by atoms with Crippen LogP contribution in [0.25, 0.3) is 0 Å². The van der Waals surface area contributed by atoms with E-state index in [1.807, 2.05) is 0 Å². The standard InChI is InChI=1S/C14H24N4O5/c1-7(16-2)13(22)18-9-5-8(6-10(19)12(9)21)14(23)17-4-3-11(15)20/h5,7,9-10,12,16,19,21H,3-4,6H2,1-2H3,(H2,15,20)(H,17,23)(H,18,22). The third kappa shape index (κ3) is 5.62. The third-order valence-corrected chi connectivity index (χ3v) is 3.66. The van der Waals surface area contributed by atoms with Gasteiger partial charge < -0.3 is 31.9 Å². The summed E-state index contributed by atoms with van der Waals surface area (Å²) in [5, 5.41) is 27.7. The molecule has 130 valence electrons. The molecule has 1 aliphatic carbocycles. The van der Waals surface area contributed by atoms with Gasteiger partial charge in [0.05, 0.1) is 18.2 Å². The van der Waals surface area contributed by atoms with Crippen LogP contribution < -0.4 is 21.7 Å². The summed E-state index contributed by atoms with van der Waals surface area (Å²) in [7, 11) is 1.61. The second kappa shape index (κ2) is 8.61. The molecular formula is C14H24N4O5. The Bertz CT molecular complexity index is 494. The minimum Gasteiger partial charge on any atom is -0.390 e. The largest absolute Gasteiger partial charge is 0.390 e. The average molecular weight is 328 g/mol. The number of carbonyl (C=O) groups excluding carboxylic acids is 3. The average Bonchev–Trinajstić information content (AvgIpc) is 2.49. The van der Waals surface area contributed by atoms with Crippen molar-refractivity contribution in [2.24, 2.45) is 5.73 Å². The van der Waals surface area contributed by atoms with Gasteiger partial charge in [0.15, 0.2) is 0 Å². The van der Waals surface area contributed by atoms with Crippen LogP contribution in [0.3, 0.4) is 0 Å². The number of nitrogens with two attached hydrogens (primary N) is 1. The van der Waals surface area contributed by atoms with Crippen LogP contribution in [0.4, 0.5) is 0 Å². The van der Waals surface area contributed by atoms with Gasteiger partial charge in [-0.2, -0.15) is 0 Å². The van der Waals surface area contributed by atoms with E-state index in [-0.39, 0.29) is 30.9 Å². The van der Waals surface area contributed by atoms with Crippen molar-refractivity contribution in [3.05, 3.63) is 11.6 Å². The van der Waals surface area contributed by atoms with Crippen molar-refractivity contribution in [1.29, 1.82) is 0 Å². The highest BCUT2D eigenvalue weighted by Crippen LogP contribution is 2.20. The molecule has 0 aromatic rings. The van der Waals surface area contributed by atoms with Crippen molar-refractivity contribution in [3.8, 4) is 0 Å². The molecular weight excluding hydrogens is 304 g/mol. The Labute approximate surface area is 134 Å². The summed E-state index contributed by atoms with van der Waals surface area (Å²) >= 11 is 0. The number of aliphatic hydroxyl groups is 2. The van der Waals surface area contributed by atoms with Gasteiger partial charge in [0, 0.05) is 25.0 Å². The zero-order valence-electron chi connectivity index (χ0n) is 13.2. The fraction of sp³-hybridized carbons (Fsp3) is 0.643. The summed E-state index contributed by atoms with van der Waals surface area (Å²) in [6.07, 6.45) is -1.00. The molecule has 0 heterocycles. The number of carbonyl (C=O) groups is 3. The molecule has 4 atom stereocenters. The van der Waals surface area contributed by atoms with Gasteiger partial charge in [-0.25, -0.2) is 0 Å². The number of aliphatic hydroxyl groups excluding tert-OH is 2. The van der Waals surface area contributed by atoms with Crippen molar-refractivity contribution in [2.45, 2.75) is 44.1 Å². The Hall–Kier alpha value is -1.97. The monoisotopic (exact) mass is 328 g/mol. The highest BCUT2D eigenvalue weighted by Gasteiger charge is 2.34. The zero-order valence-corrected chi connectivity index (χ0v) is 13.2. The summed E-state index contributed by atoms with van der Waals surface area (Å²) in [5.41, 5.74) is 5.22. The summed E-state index contributed by atoms with van der Waals surface area (Å²) in [6.45, 7) is 1.72. The Morgan fingerprint density at radius 3 is 2.61 bits per heavy atom. The first-order valence-electron chi connectivity index (χ1n) is 7.37.